The first-order valence-electron chi connectivity index (χ1n) is 13.8. The fraction of sp³-hybridized carbons (Fsp3) is 0.567. The van der Waals surface area contributed by atoms with Crippen molar-refractivity contribution < 1.29 is 19.4 Å². The maximum Gasteiger partial charge on any atom is 0.343 e. The number of hydrogen-bond acceptors (Lipinski definition) is 7. The van der Waals surface area contributed by atoms with E-state index < -0.39 is 11.6 Å². The number of aliphatic hydroxyl groups is 1. The highest BCUT2D eigenvalue weighted by Gasteiger charge is 2.44. The highest BCUT2D eigenvalue weighted by Crippen LogP contribution is 2.45. The molecule has 1 N–H and O–H groups in total. The largest absolute Gasteiger partial charge is 0.490 e. The van der Waals surface area contributed by atoms with Crippen molar-refractivity contribution in [3.8, 4) is 5.75 Å². The summed E-state index contributed by atoms with van der Waals surface area (Å²) in [6.45, 7) is 3.23. The Morgan fingerprint density at radius 1 is 1.08 bits per heavy atom. The van der Waals surface area contributed by atoms with Gasteiger partial charge in [0.15, 0.2) is 5.60 Å². The standard InChI is InChI=1S/C30H39ClN2O4S/c1-32-15-6-4-3-5-7-16-33-19-29(14-8-9-22-17-24(31)11-12-25(22)29)20-37-27-13-10-23(18-26(27)33)30(35,21-38-32)28(34)36-2/h10-13,17-18,35H,3-9,14-16,19-21H2,1-2H3/t29-,30+/m0/s1. The lowest BCUT2D eigenvalue weighted by molar-refractivity contribution is -0.160. The van der Waals surface area contributed by atoms with Gasteiger partial charge >= 0.3 is 5.97 Å². The Kier molecular flexibility index (Phi) is 8.48. The van der Waals surface area contributed by atoms with Crippen LogP contribution in [0.3, 0.4) is 0 Å². The zero-order chi connectivity index (χ0) is 26.8. The third-order valence-electron chi connectivity index (χ3n) is 8.43. The van der Waals surface area contributed by atoms with Crippen LogP contribution in [0.15, 0.2) is 36.4 Å². The number of esters is 1. The van der Waals surface area contributed by atoms with Crippen molar-refractivity contribution in [2.24, 2.45) is 0 Å². The van der Waals surface area contributed by atoms with Gasteiger partial charge in [-0.05, 0) is 80.1 Å². The van der Waals surface area contributed by atoms with Crippen LogP contribution in [-0.4, -0.2) is 61.5 Å². The molecule has 1 aliphatic carbocycles. The lowest BCUT2D eigenvalue weighted by Gasteiger charge is -2.41. The van der Waals surface area contributed by atoms with Gasteiger partial charge in [0.1, 0.15) is 5.75 Å². The summed E-state index contributed by atoms with van der Waals surface area (Å²) in [6, 6.07) is 12.0. The van der Waals surface area contributed by atoms with Gasteiger partial charge in [-0.15, -0.1) is 0 Å². The molecule has 0 radical (unpaired) electrons. The number of nitrogens with zero attached hydrogens (tertiary/aromatic N) is 2. The summed E-state index contributed by atoms with van der Waals surface area (Å²) < 4.78 is 13.8. The summed E-state index contributed by atoms with van der Waals surface area (Å²) in [4.78, 5) is 15.4. The number of fused-ring (bicyclic) bond motifs is 3. The predicted octanol–water partition coefficient (Wildman–Crippen LogP) is 5.72. The predicted molar refractivity (Wildman–Crippen MR) is 154 cm³/mol. The summed E-state index contributed by atoms with van der Waals surface area (Å²) in [6.07, 6.45) is 8.91. The van der Waals surface area contributed by atoms with Gasteiger partial charge in [0.25, 0.3) is 0 Å². The highest BCUT2D eigenvalue weighted by molar-refractivity contribution is 7.97. The molecule has 2 bridgehead atoms. The molecule has 8 heteroatoms. The average molecular weight is 559 g/mol. The molecule has 5 rings (SSSR count). The number of carbonyl (C=O) groups is 1. The van der Waals surface area contributed by atoms with E-state index in [2.05, 4.69) is 21.3 Å². The molecule has 2 aromatic rings. The second-order valence-corrected chi connectivity index (χ2v) is 12.7. The maximum absolute atomic E-state index is 13.0. The quantitative estimate of drug-likeness (QED) is 0.355. The van der Waals surface area contributed by atoms with Crippen molar-refractivity contribution in [2.45, 2.75) is 62.4 Å². The van der Waals surface area contributed by atoms with E-state index in [1.807, 2.05) is 31.3 Å². The summed E-state index contributed by atoms with van der Waals surface area (Å²) in [5.74, 6) is 0.347. The molecule has 0 amide bonds. The van der Waals surface area contributed by atoms with E-state index in [-0.39, 0.29) is 11.2 Å². The monoisotopic (exact) mass is 558 g/mol. The fourth-order valence-corrected chi connectivity index (χ4v) is 7.42. The smallest absolute Gasteiger partial charge is 0.343 e. The number of ether oxygens (including phenoxy) is 2. The zero-order valence-corrected chi connectivity index (χ0v) is 24.1. The van der Waals surface area contributed by atoms with Crippen LogP contribution < -0.4 is 9.64 Å². The third-order valence-corrected chi connectivity index (χ3v) is 9.84. The Bertz CT molecular complexity index is 1160. The molecule has 0 saturated heterocycles. The SMILES string of the molecule is COC(=O)[C@@]1(O)CSN(C)CCCCCCCN2C[C@@]3(CCCc4cc(Cl)ccc43)COc3ccc1cc32. The lowest BCUT2D eigenvalue weighted by atomic mass is 9.70. The van der Waals surface area contributed by atoms with Crippen LogP contribution in [-0.2, 0) is 27.0 Å². The number of carbonyl (C=O) groups excluding carboxylic acids is 1. The second kappa shape index (κ2) is 11.7. The molecule has 0 fully saturated rings. The highest BCUT2D eigenvalue weighted by atomic mass is 35.5. The Balaban J connectivity index is 1.56. The topological polar surface area (TPSA) is 62.2 Å². The van der Waals surface area contributed by atoms with Crippen LogP contribution in [0.1, 0.15) is 61.6 Å². The number of methoxy groups -OCH3 is 1. The van der Waals surface area contributed by atoms with Crippen molar-refractivity contribution in [3.05, 3.63) is 58.1 Å². The van der Waals surface area contributed by atoms with Gasteiger partial charge in [0, 0.05) is 30.1 Å². The van der Waals surface area contributed by atoms with Crippen molar-refractivity contribution >= 4 is 35.2 Å². The van der Waals surface area contributed by atoms with Crippen LogP contribution in [0.2, 0.25) is 5.02 Å². The first-order chi connectivity index (χ1) is 18.3. The van der Waals surface area contributed by atoms with Crippen molar-refractivity contribution in [3.63, 3.8) is 0 Å². The Labute approximate surface area is 235 Å². The zero-order valence-electron chi connectivity index (χ0n) is 22.5. The first kappa shape index (κ1) is 27.6. The number of hydrogen-bond donors (Lipinski definition) is 1. The molecule has 38 heavy (non-hydrogen) atoms. The Morgan fingerprint density at radius 2 is 1.87 bits per heavy atom. The summed E-state index contributed by atoms with van der Waals surface area (Å²) >= 11 is 7.85. The minimum atomic E-state index is -1.76. The molecule has 6 nitrogen and oxygen atoms in total. The number of rotatable bonds is 1. The number of aryl methyl sites for hydroxylation is 1. The minimum absolute atomic E-state index is 0.141. The number of anilines is 1. The van der Waals surface area contributed by atoms with Crippen LogP contribution in [0.5, 0.6) is 5.75 Å². The summed E-state index contributed by atoms with van der Waals surface area (Å²) in [7, 11) is 3.35. The van der Waals surface area contributed by atoms with E-state index in [0.717, 1.165) is 68.2 Å². The van der Waals surface area contributed by atoms with E-state index in [9.17, 15) is 9.90 Å². The molecule has 2 aliphatic heterocycles. The average Bonchev–Trinajstić information content (AvgIpc) is 3.07. The fourth-order valence-electron chi connectivity index (χ4n) is 6.27. The van der Waals surface area contributed by atoms with Crippen LogP contribution in [0.4, 0.5) is 5.69 Å². The van der Waals surface area contributed by atoms with Crippen LogP contribution in [0.25, 0.3) is 0 Å². The number of benzene rings is 2. The lowest BCUT2D eigenvalue weighted by Crippen LogP contribution is -2.46. The third kappa shape index (κ3) is 5.53. The normalized spacial score (nSPS) is 26.9. The van der Waals surface area contributed by atoms with Gasteiger partial charge in [-0.1, -0.05) is 54.9 Å². The van der Waals surface area contributed by atoms with Crippen molar-refractivity contribution in [1.82, 2.24) is 4.31 Å². The van der Waals surface area contributed by atoms with E-state index in [1.54, 1.807) is 0 Å². The van der Waals surface area contributed by atoms with E-state index in [1.165, 1.54) is 49.4 Å². The molecular formula is C30H39ClN2O4S. The van der Waals surface area contributed by atoms with Gasteiger partial charge in [-0.25, -0.2) is 4.79 Å². The van der Waals surface area contributed by atoms with Gasteiger partial charge in [-0.3, -0.25) is 4.31 Å². The molecule has 3 aliphatic rings. The van der Waals surface area contributed by atoms with Crippen molar-refractivity contribution in [2.75, 3.05) is 51.1 Å². The summed E-state index contributed by atoms with van der Waals surface area (Å²) in [5, 5.41) is 12.5. The van der Waals surface area contributed by atoms with Crippen LogP contribution >= 0.6 is 23.5 Å². The molecule has 2 aromatic carbocycles. The number of halogens is 1. The molecule has 1 spiro atoms. The van der Waals surface area contributed by atoms with Gasteiger partial charge < -0.3 is 19.5 Å². The van der Waals surface area contributed by atoms with Gasteiger partial charge in [0.05, 0.1) is 25.2 Å². The molecule has 0 aromatic heterocycles. The molecule has 206 valence electrons. The second-order valence-electron chi connectivity index (χ2n) is 11.1. The minimum Gasteiger partial charge on any atom is -0.490 e. The van der Waals surface area contributed by atoms with Gasteiger partial charge in [-0.2, -0.15) is 0 Å². The Hall–Kier alpha value is -1.93. The van der Waals surface area contributed by atoms with Crippen molar-refractivity contribution in [1.29, 1.82) is 0 Å². The first-order valence-corrected chi connectivity index (χ1v) is 15.1. The van der Waals surface area contributed by atoms with E-state index in [4.69, 9.17) is 21.1 Å². The molecule has 2 heterocycles. The maximum atomic E-state index is 13.0. The van der Waals surface area contributed by atoms with E-state index in [0.29, 0.717) is 12.2 Å². The summed E-state index contributed by atoms with van der Waals surface area (Å²) in [5.41, 5.74) is 2.24. The molecule has 0 unspecified atom stereocenters. The van der Waals surface area contributed by atoms with Gasteiger partial charge in [0.2, 0.25) is 0 Å². The Morgan fingerprint density at radius 3 is 2.68 bits per heavy atom. The molecular weight excluding hydrogens is 520 g/mol. The van der Waals surface area contributed by atoms with Crippen LogP contribution in [0, 0.1) is 0 Å². The molecule has 2 atom stereocenters. The molecule has 0 saturated carbocycles. The van der Waals surface area contributed by atoms with E-state index >= 15 is 0 Å².